The van der Waals surface area contributed by atoms with Gasteiger partial charge in [0.15, 0.2) is 9.84 Å². The number of amides is 1. The lowest BCUT2D eigenvalue weighted by atomic mass is 10.1. The van der Waals surface area contributed by atoms with Crippen LogP contribution in [0.15, 0.2) is 29.1 Å². The highest BCUT2D eigenvalue weighted by Gasteiger charge is 2.29. The molecule has 7 nitrogen and oxygen atoms in total. The predicted molar refractivity (Wildman–Crippen MR) is 95.3 cm³/mol. The summed E-state index contributed by atoms with van der Waals surface area (Å²) < 4.78 is 24.4. The highest BCUT2D eigenvalue weighted by molar-refractivity contribution is 7.91. The summed E-state index contributed by atoms with van der Waals surface area (Å²) in [5.41, 5.74) is 0.332. The Morgan fingerprint density at radius 3 is 2.60 bits per heavy atom. The molecule has 2 heterocycles. The summed E-state index contributed by atoms with van der Waals surface area (Å²) in [4.78, 5) is 24.8. The van der Waals surface area contributed by atoms with E-state index in [1.165, 1.54) is 4.68 Å². The molecule has 3 rings (SSSR count). The fourth-order valence-electron chi connectivity index (χ4n) is 3.09. The summed E-state index contributed by atoms with van der Waals surface area (Å²) in [6, 6.07) is 6.61. The molecule has 0 spiro atoms. The van der Waals surface area contributed by atoms with Crippen LogP contribution in [0.1, 0.15) is 32.0 Å². The maximum Gasteiger partial charge on any atom is 0.274 e. The molecule has 0 saturated carbocycles. The van der Waals surface area contributed by atoms with E-state index in [0.29, 0.717) is 22.9 Å². The molecule has 1 aliphatic rings. The van der Waals surface area contributed by atoms with Crippen molar-refractivity contribution in [3.63, 3.8) is 0 Å². The summed E-state index contributed by atoms with van der Waals surface area (Å²) in [6.07, 6.45) is 0.442. The van der Waals surface area contributed by atoms with Crippen LogP contribution in [-0.2, 0) is 21.1 Å². The minimum atomic E-state index is -3.05. The van der Waals surface area contributed by atoms with Crippen molar-refractivity contribution in [2.24, 2.45) is 0 Å². The lowest BCUT2D eigenvalue weighted by molar-refractivity contribution is -0.121. The first kappa shape index (κ1) is 17.6. The number of fused-ring (bicyclic) bond motifs is 1. The van der Waals surface area contributed by atoms with Gasteiger partial charge < -0.3 is 5.32 Å². The third-order valence-electron chi connectivity index (χ3n) is 4.32. The molecule has 1 saturated heterocycles. The van der Waals surface area contributed by atoms with Crippen LogP contribution in [-0.4, -0.2) is 41.7 Å². The molecule has 1 fully saturated rings. The van der Waals surface area contributed by atoms with Crippen LogP contribution >= 0.6 is 0 Å². The van der Waals surface area contributed by atoms with E-state index in [4.69, 9.17) is 0 Å². The Bertz CT molecular complexity index is 979. The van der Waals surface area contributed by atoms with E-state index < -0.39 is 9.84 Å². The molecule has 1 aromatic heterocycles. The van der Waals surface area contributed by atoms with E-state index in [1.54, 1.807) is 24.3 Å². The molecule has 8 heteroatoms. The molecule has 1 amide bonds. The number of nitrogens with one attached hydrogen (secondary N) is 1. The van der Waals surface area contributed by atoms with Crippen LogP contribution < -0.4 is 10.9 Å². The fourth-order valence-corrected chi connectivity index (χ4v) is 4.77. The molecular weight excluding hydrogens is 342 g/mol. The number of carbonyl (C=O) groups is 1. The minimum Gasteiger partial charge on any atom is -0.352 e. The van der Waals surface area contributed by atoms with Crippen molar-refractivity contribution in [2.75, 3.05) is 11.5 Å². The zero-order valence-electron chi connectivity index (χ0n) is 14.2. The summed E-state index contributed by atoms with van der Waals surface area (Å²) in [7, 11) is -3.05. The summed E-state index contributed by atoms with van der Waals surface area (Å²) in [5, 5.41) is 8.31. The molecule has 134 valence electrons. The van der Waals surface area contributed by atoms with Crippen LogP contribution in [0.5, 0.6) is 0 Å². The molecule has 25 heavy (non-hydrogen) atoms. The second-order valence-corrected chi connectivity index (χ2v) is 8.91. The minimum absolute atomic E-state index is 0.00403. The van der Waals surface area contributed by atoms with E-state index >= 15 is 0 Å². The summed E-state index contributed by atoms with van der Waals surface area (Å²) in [6.45, 7) is 3.72. The molecule has 1 aliphatic heterocycles. The molecule has 0 bridgehead atoms. The van der Waals surface area contributed by atoms with Gasteiger partial charge in [0, 0.05) is 11.4 Å². The van der Waals surface area contributed by atoms with Gasteiger partial charge >= 0.3 is 0 Å². The number of hydrogen-bond donors (Lipinski definition) is 1. The Morgan fingerprint density at radius 2 is 2.00 bits per heavy atom. The zero-order valence-corrected chi connectivity index (χ0v) is 15.0. The van der Waals surface area contributed by atoms with Crippen molar-refractivity contribution < 1.29 is 13.2 Å². The number of nitrogens with zero attached hydrogens (tertiary/aromatic N) is 2. The van der Waals surface area contributed by atoms with Gasteiger partial charge in [0.25, 0.3) is 5.56 Å². The van der Waals surface area contributed by atoms with E-state index in [-0.39, 0.29) is 41.5 Å². The van der Waals surface area contributed by atoms with Crippen molar-refractivity contribution in [3.8, 4) is 0 Å². The van der Waals surface area contributed by atoms with Crippen LogP contribution in [0, 0.1) is 0 Å². The third-order valence-corrected chi connectivity index (χ3v) is 6.09. The summed E-state index contributed by atoms with van der Waals surface area (Å²) >= 11 is 0. The standard InChI is InChI=1S/C17H21N3O4S/c1-11(2)20-17(22)14-6-4-3-5-13(14)15(19-20)9-16(21)18-12-7-8-25(23,24)10-12/h3-6,11-12H,7-10H2,1-2H3,(H,18,21)/t12-/m0/s1. The van der Waals surface area contributed by atoms with Crippen molar-refractivity contribution in [2.45, 2.75) is 38.8 Å². The maximum atomic E-state index is 12.5. The van der Waals surface area contributed by atoms with Gasteiger partial charge in [-0.15, -0.1) is 0 Å². The first-order valence-corrected chi connectivity index (χ1v) is 10.1. The Balaban J connectivity index is 1.89. The van der Waals surface area contributed by atoms with Crippen molar-refractivity contribution in [3.05, 3.63) is 40.3 Å². The Kier molecular flexibility index (Phi) is 4.64. The third kappa shape index (κ3) is 3.73. The highest BCUT2D eigenvalue weighted by atomic mass is 32.2. The molecular formula is C17H21N3O4S. The van der Waals surface area contributed by atoms with Gasteiger partial charge in [-0.3, -0.25) is 9.59 Å². The van der Waals surface area contributed by atoms with Crippen molar-refractivity contribution in [1.82, 2.24) is 15.1 Å². The predicted octanol–water partition coefficient (Wildman–Crippen LogP) is 0.823. The van der Waals surface area contributed by atoms with Gasteiger partial charge in [0.1, 0.15) is 0 Å². The topological polar surface area (TPSA) is 98.1 Å². The number of sulfone groups is 1. The maximum absolute atomic E-state index is 12.5. The molecule has 1 aromatic carbocycles. The lowest BCUT2D eigenvalue weighted by Gasteiger charge is -2.15. The lowest BCUT2D eigenvalue weighted by Crippen LogP contribution is -2.37. The van der Waals surface area contributed by atoms with Gasteiger partial charge in [0.05, 0.1) is 35.0 Å². The van der Waals surface area contributed by atoms with Crippen molar-refractivity contribution >= 4 is 26.5 Å². The Hall–Kier alpha value is -2.22. The molecule has 2 aromatic rings. The van der Waals surface area contributed by atoms with Gasteiger partial charge in [-0.25, -0.2) is 13.1 Å². The van der Waals surface area contributed by atoms with Gasteiger partial charge in [-0.2, -0.15) is 5.10 Å². The highest BCUT2D eigenvalue weighted by Crippen LogP contribution is 2.16. The monoisotopic (exact) mass is 363 g/mol. The van der Waals surface area contributed by atoms with Gasteiger partial charge in [-0.1, -0.05) is 18.2 Å². The van der Waals surface area contributed by atoms with Crippen molar-refractivity contribution in [1.29, 1.82) is 0 Å². The number of carbonyl (C=O) groups excluding carboxylic acids is 1. The Morgan fingerprint density at radius 1 is 1.32 bits per heavy atom. The second-order valence-electron chi connectivity index (χ2n) is 6.68. The Labute approximate surface area is 146 Å². The number of aromatic nitrogens is 2. The average Bonchev–Trinajstić information content (AvgIpc) is 2.88. The first-order chi connectivity index (χ1) is 11.8. The molecule has 1 N–H and O–H groups in total. The van der Waals surface area contributed by atoms with Crippen LogP contribution in [0.2, 0.25) is 0 Å². The number of hydrogen-bond acceptors (Lipinski definition) is 5. The largest absolute Gasteiger partial charge is 0.352 e. The number of rotatable bonds is 4. The van der Waals surface area contributed by atoms with Crippen LogP contribution in [0.4, 0.5) is 0 Å². The van der Waals surface area contributed by atoms with Gasteiger partial charge in [0.2, 0.25) is 5.91 Å². The fraction of sp³-hybridized carbons (Fsp3) is 0.471. The van der Waals surface area contributed by atoms with Crippen LogP contribution in [0.25, 0.3) is 10.8 Å². The molecule has 0 radical (unpaired) electrons. The van der Waals surface area contributed by atoms with E-state index in [0.717, 1.165) is 0 Å². The normalized spacial score (nSPS) is 19.4. The smallest absolute Gasteiger partial charge is 0.274 e. The van der Waals surface area contributed by atoms with E-state index in [9.17, 15) is 18.0 Å². The molecule has 0 unspecified atom stereocenters. The molecule has 0 aliphatic carbocycles. The zero-order chi connectivity index (χ0) is 18.2. The number of benzene rings is 1. The van der Waals surface area contributed by atoms with Gasteiger partial charge in [-0.05, 0) is 26.3 Å². The average molecular weight is 363 g/mol. The first-order valence-electron chi connectivity index (χ1n) is 8.27. The summed E-state index contributed by atoms with van der Waals surface area (Å²) in [5.74, 6) is -0.191. The molecule has 1 atom stereocenters. The SMILES string of the molecule is CC(C)n1nc(CC(=O)N[C@H]2CCS(=O)(=O)C2)c2ccccc2c1=O. The van der Waals surface area contributed by atoms with E-state index in [1.807, 2.05) is 13.8 Å². The quantitative estimate of drug-likeness (QED) is 0.867. The second kappa shape index (κ2) is 6.59. The van der Waals surface area contributed by atoms with E-state index in [2.05, 4.69) is 10.4 Å². The van der Waals surface area contributed by atoms with Crippen LogP contribution in [0.3, 0.4) is 0 Å².